The van der Waals surface area contributed by atoms with E-state index in [-0.39, 0.29) is 23.1 Å². The molecule has 156 valence electrons. The second-order valence-electron chi connectivity index (χ2n) is 7.16. The monoisotopic (exact) mass is 417 g/mol. The number of carbonyl (C=O) groups excluding carboxylic acids is 1. The summed E-state index contributed by atoms with van der Waals surface area (Å²) in [4.78, 5) is 16.7. The average molecular weight is 417 g/mol. The fraction of sp³-hybridized carbons (Fsp3) is 0.182. The lowest BCUT2D eigenvalue weighted by molar-refractivity contribution is 0.0949. The number of hydrogen-bond acceptors (Lipinski definition) is 5. The first kappa shape index (κ1) is 20.1. The number of benzene rings is 1. The van der Waals surface area contributed by atoms with Gasteiger partial charge in [0.05, 0.1) is 11.4 Å². The fourth-order valence-corrected chi connectivity index (χ4v) is 3.30. The number of amides is 1. The quantitative estimate of drug-likeness (QED) is 0.468. The second kappa shape index (κ2) is 8.28. The first-order chi connectivity index (χ1) is 15.0. The minimum Gasteiger partial charge on any atom is -0.382 e. The van der Waals surface area contributed by atoms with Crippen LogP contribution in [0, 0.1) is 24.1 Å². The second-order valence-corrected chi connectivity index (χ2v) is 7.16. The molecule has 8 nitrogen and oxygen atoms in total. The number of nitrogens with zero attached hydrogens (tertiary/aromatic N) is 5. The fourth-order valence-electron chi connectivity index (χ4n) is 3.30. The van der Waals surface area contributed by atoms with E-state index in [1.807, 2.05) is 25.3 Å². The molecule has 1 aromatic carbocycles. The molecule has 31 heavy (non-hydrogen) atoms. The summed E-state index contributed by atoms with van der Waals surface area (Å²) < 4.78 is 16.4. The molecule has 4 aromatic rings. The van der Waals surface area contributed by atoms with E-state index in [9.17, 15) is 14.4 Å². The standard InChI is InChI=1S/C22H20FN7O/c1-14-8-10-29-13-19(27-20(29)11-14)22(31)26-9-2-3-18-17(12-24)21(25)30(28-18)16-6-4-15(23)5-7-16/h4-8,10-11,13H,2-3,9,25H2,1H3,(H,26,31). The molecular weight excluding hydrogens is 397 g/mol. The molecule has 3 N–H and O–H groups in total. The van der Waals surface area contributed by atoms with Crippen LogP contribution in [0.2, 0.25) is 0 Å². The lowest BCUT2D eigenvalue weighted by Crippen LogP contribution is -2.25. The minimum atomic E-state index is -0.369. The number of aryl methyl sites for hydroxylation is 2. The molecule has 9 heteroatoms. The molecule has 0 aliphatic rings. The van der Waals surface area contributed by atoms with Crippen molar-refractivity contribution in [1.82, 2.24) is 24.5 Å². The van der Waals surface area contributed by atoms with Gasteiger partial charge in [0.15, 0.2) is 0 Å². The summed E-state index contributed by atoms with van der Waals surface area (Å²) in [6.45, 7) is 2.36. The van der Waals surface area contributed by atoms with Gasteiger partial charge in [-0.15, -0.1) is 0 Å². The van der Waals surface area contributed by atoms with E-state index in [1.54, 1.807) is 22.7 Å². The Morgan fingerprint density at radius 1 is 1.29 bits per heavy atom. The molecule has 3 heterocycles. The first-order valence-electron chi connectivity index (χ1n) is 9.73. The van der Waals surface area contributed by atoms with Crippen molar-refractivity contribution in [2.45, 2.75) is 19.8 Å². The molecule has 0 atom stereocenters. The topological polar surface area (TPSA) is 114 Å². The predicted molar refractivity (Wildman–Crippen MR) is 113 cm³/mol. The lowest BCUT2D eigenvalue weighted by Gasteiger charge is -2.03. The van der Waals surface area contributed by atoms with Gasteiger partial charge in [0, 0.05) is 18.9 Å². The van der Waals surface area contributed by atoms with Crippen molar-refractivity contribution < 1.29 is 9.18 Å². The van der Waals surface area contributed by atoms with E-state index in [0.717, 1.165) is 5.56 Å². The van der Waals surface area contributed by atoms with E-state index in [2.05, 4.69) is 21.5 Å². The van der Waals surface area contributed by atoms with Gasteiger partial charge in [-0.2, -0.15) is 10.4 Å². The number of carbonyl (C=O) groups is 1. The zero-order valence-corrected chi connectivity index (χ0v) is 16.8. The van der Waals surface area contributed by atoms with Crippen molar-refractivity contribution in [2.24, 2.45) is 0 Å². The largest absolute Gasteiger partial charge is 0.382 e. The smallest absolute Gasteiger partial charge is 0.271 e. The molecular formula is C22H20FN7O. The normalized spacial score (nSPS) is 10.9. The molecule has 0 bridgehead atoms. The number of aromatic nitrogens is 4. The number of fused-ring (bicyclic) bond motifs is 1. The van der Waals surface area contributed by atoms with Crippen LogP contribution in [-0.4, -0.2) is 31.6 Å². The number of hydrogen-bond donors (Lipinski definition) is 2. The zero-order valence-electron chi connectivity index (χ0n) is 16.8. The number of imidazole rings is 1. The molecule has 0 fully saturated rings. The van der Waals surface area contributed by atoms with Crippen LogP contribution in [0.5, 0.6) is 0 Å². The van der Waals surface area contributed by atoms with Crippen molar-refractivity contribution in [3.05, 3.63) is 77.1 Å². The number of pyridine rings is 1. The van der Waals surface area contributed by atoms with Crippen molar-refractivity contribution in [3.8, 4) is 11.8 Å². The number of nitrogens with one attached hydrogen (secondary N) is 1. The van der Waals surface area contributed by atoms with Crippen LogP contribution >= 0.6 is 0 Å². The Hall–Kier alpha value is -4.19. The van der Waals surface area contributed by atoms with Crippen LogP contribution in [0.1, 0.15) is 33.7 Å². The van der Waals surface area contributed by atoms with Crippen LogP contribution in [0.15, 0.2) is 48.8 Å². The molecule has 0 saturated heterocycles. The number of rotatable bonds is 6. The summed E-state index contributed by atoms with van der Waals surface area (Å²) in [5.74, 6) is -0.432. The number of halogens is 1. The van der Waals surface area contributed by atoms with Gasteiger partial charge in [0.2, 0.25) is 0 Å². The Balaban J connectivity index is 1.40. The van der Waals surface area contributed by atoms with Crippen LogP contribution < -0.4 is 11.1 Å². The molecule has 0 spiro atoms. The van der Waals surface area contributed by atoms with Crippen molar-refractivity contribution in [2.75, 3.05) is 12.3 Å². The van der Waals surface area contributed by atoms with Crippen molar-refractivity contribution in [1.29, 1.82) is 5.26 Å². The average Bonchev–Trinajstić information content (AvgIpc) is 3.32. The number of anilines is 1. The van der Waals surface area contributed by atoms with E-state index in [4.69, 9.17) is 5.73 Å². The van der Waals surface area contributed by atoms with Crippen LogP contribution in [0.3, 0.4) is 0 Å². The van der Waals surface area contributed by atoms with Gasteiger partial charge in [-0.25, -0.2) is 14.1 Å². The van der Waals surface area contributed by atoms with Gasteiger partial charge in [0.1, 0.15) is 34.6 Å². The van der Waals surface area contributed by atoms with E-state index in [0.29, 0.717) is 42.1 Å². The Morgan fingerprint density at radius 3 is 2.81 bits per heavy atom. The summed E-state index contributed by atoms with van der Waals surface area (Å²) in [5, 5.41) is 16.7. The Labute approximate surface area is 177 Å². The van der Waals surface area contributed by atoms with Gasteiger partial charge in [-0.05, 0) is 61.7 Å². The highest BCUT2D eigenvalue weighted by Crippen LogP contribution is 2.21. The SMILES string of the molecule is Cc1ccn2cc(C(=O)NCCCc3nn(-c4ccc(F)cc4)c(N)c3C#N)nc2c1. The maximum absolute atomic E-state index is 13.2. The molecule has 4 rings (SSSR count). The molecule has 0 saturated carbocycles. The van der Waals surface area contributed by atoms with Gasteiger partial charge >= 0.3 is 0 Å². The van der Waals surface area contributed by atoms with E-state index < -0.39 is 0 Å². The summed E-state index contributed by atoms with van der Waals surface area (Å²) in [6, 6.07) is 11.6. The van der Waals surface area contributed by atoms with Gasteiger partial charge in [0.25, 0.3) is 5.91 Å². The third kappa shape index (κ3) is 4.09. The summed E-state index contributed by atoms with van der Waals surface area (Å²) >= 11 is 0. The number of nitrogens with two attached hydrogens (primary N) is 1. The maximum Gasteiger partial charge on any atom is 0.271 e. The van der Waals surface area contributed by atoms with E-state index >= 15 is 0 Å². The molecule has 0 unspecified atom stereocenters. The first-order valence-corrected chi connectivity index (χ1v) is 9.73. The molecule has 0 aliphatic heterocycles. The summed E-state index contributed by atoms with van der Waals surface area (Å²) in [5.41, 5.74) is 9.57. The van der Waals surface area contributed by atoms with Crippen LogP contribution in [0.25, 0.3) is 11.3 Å². The highest BCUT2D eigenvalue weighted by Gasteiger charge is 2.17. The molecule has 0 aliphatic carbocycles. The maximum atomic E-state index is 13.2. The zero-order chi connectivity index (χ0) is 22.0. The highest BCUT2D eigenvalue weighted by atomic mass is 19.1. The highest BCUT2D eigenvalue weighted by molar-refractivity contribution is 5.92. The van der Waals surface area contributed by atoms with E-state index in [1.165, 1.54) is 16.8 Å². The Morgan fingerprint density at radius 2 is 2.06 bits per heavy atom. The molecule has 3 aromatic heterocycles. The summed E-state index contributed by atoms with van der Waals surface area (Å²) in [6.07, 6.45) is 4.56. The molecule has 0 radical (unpaired) electrons. The van der Waals surface area contributed by atoms with Crippen molar-refractivity contribution in [3.63, 3.8) is 0 Å². The Kier molecular flexibility index (Phi) is 5.37. The van der Waals surface area contributed by atoms with Crippen LogP contribution in [-0.2, 0) is 6.42 Å². The van der Waals surface area contributed by atoms with Crippen LogP contribution in [0.4, 0.5) is 10.2 Å². The third-order valence-corrected chi connectivity index (χ3v) is 4.90. The minimum absolute atomic E-state index is 0.202. The lowest BCUT2D eigenvalue weighted by atomic mass is 10.1. The van der Waals surface area contributed by atoms with Gasteiger partial charge in [-0.3, -0.25) is 4.79 Å². The van der Waals surface area contributed by atoms with Gasteiger partial charge < -0.3 is 15.5 Å². The van der Waals surface area contributed by atoms with Crippen molar-refractivity contribution >= 4 is 17.4 Å². The Bertz CT molecular complexity index is 1300. The van der Waals surface area contributed by atoms with Gasteiger partial charge in [-0.1, -0.05) is 0 Å². The third-order valence-electron chi connectivity index (χ3n) is 4.90. The number of nitrogen functional groups attached to an aromatic ring is 1. The summed E-state index contributed by atoms with van der Waals surface area (Å²) in [7, 11) is 0. The number of nitriles is 1. The molecule has 1 amide bonds. The predicted octanol–water partition coefficient (Wildman–Crippen LogP) is 2.78.